The molecule has 4 aromatic rings. The second-order valence-corrected chi connectivity index (χ2v) is 7.37. The van der Waals surface area contributed by atoms with E-state index in [9.17, 15) is 4.79 Å². The van der Waals surface area contributed by atoms with E-state index in [1.165, 1.54) is 4.68 Å². The summed E-state index contributed by atoms with van der Waals surface area (Å²) in [6.07, 6.45) is 5.06. The van der Waals surface area contributed by atoms with Crippen molar-refractivity contribution in [1.82, 2.24) is 20.0 Å². The molecule has 30 heavy (non-hydrogen) atoms. The van der Waals surface area contributed by atoms with Gasteiger partial charge in [-0.15, -0.1) is 0 Å². The lowest BCUT2D eigenvalue weighted by Crippen LogP contribution is -2.14. The number of anilines is 2. The highest BCUT2D eigenvalue weighted by Gasteiger charge is 2.18. The molecule has 2 aromatic carbocycles. The number of amides is 1. The van der Waals surface area contributed by atoms with Gasteiger partial charge in [-0.25, -0.2) is 4.68 Å². The Morgan fingerprint density at radius 3 is 2.33 bits per heavy atom. The van der Waals surface area contributed by atoms with Crippen LogP contribution in [0.2, 0.25) is 10.0 Å². The van der Waals surface area contributed by atoms with E-state index in [2.05, 4.69) is 20.6 Å². The minimum absolute atomic E-state index is 0.0734. The molecule has 0 radical (unpaired) electrons. The van der Waals surface area contributed by atoms with Crippen LogP contribution in [0.1, 0.15) is 16.1 Å². The Kier molecular flexibility index (Phi) is 5.39. The fraction of sp³-hybridized carbons (Fsp3) is 0.0476. The fourth-order valence-corrected chi connectivity index (χ4v) is 3.61. The second-order valence-electron chi connectivity index (χ2n) is 6.56. The van der Waals surface area contributed by atoms with E-state index in [1.807, 2.05) is 31.2 Å². The van der Waals surface area contributed by atoms with Gasteiger partial charge >= 0.3 is 0 Å². The highest BCUT2D eigenvalue weighted by atomic mass is 35.5. The molecule has 0 saturated heterocycles. The third-order valence-corrected chi connectivity index (χ3v) is 5.13. The second kappa shape index (κ2) is 8.14. The maximum atomic E-state index is 11.9. The van der Waals surface area contributed by atoms with Crippen molar-refractivity contribution in [3.63, 3.8) is 0 Å². The number of carbonyl (C=O) groups excluding carboxylic acids is 1. The number of halogens is 2. The lowest BCUT2D eigenvalue weighted by Gasteiger charge is -2.08. The number of carbonyl (C=O) groups is 1. The van der Waals surface area contributed by atoms with E-state index in [0.717, 1.165) is 22.4 Å². The minimum Gasteiger partial charge on any atom is -0.364 e. The molecule has 0 unspecified atom stereocenters. The number of nitrogens with two attached hydrogens (primary N) is 1. The highest BCUT2D eigenvalue weighted by molar-refractivity contribution is 6.37. The molecule has 0 bridgehead atoms. The van der Waals surface area contributed by atoms with E-state index < -0.39 is 5.91 Å². The number of hydrogen-bond donors (Lipinski definition) is 2. The molecule has 0 aliphatic carbocycles. The van der Waals surface area contributed by atoms with Gasteiger partial charge in [0.2, 0.25) is 0 Å². The molecule has 7 nitrogen and oxygen atoms in total. The number of rotatable bonds is 5. The highest BCUT2D eigenvalue weighted by Crippen LogP contribution is 2.31. The van der Waals surface area contributed by atoms with E-state index in [1.54, 1.807) is 36.8 Å². The van der Waals surface area contributed by atoms with Crippen molar-refractivity contribution >= 4 is 40.5 Å². The first kappa shape index (κ1) is 19.9. The maximum Gasteiger partial charge on any atom is 0.271 e. The number of nitrogens with zero attached hydrogens (tertiary/aromatic N) is 4. The summed E-state index contributed by atoms with van der Waals surface area (Å²) in [7, 11) is 0. The van der Waals surface area contributed by atoms with Crippen LogP contribution in [0.5, 0.6) is 0 Å². The van der Waals surface area contributed by atoms with Gasteiger partial charge in [0.1, 0.15) is 5.69 Å². The smallest absolute Gasteiger partial charge is 0.271 e. The van der Waals surface area contributed by atoms with Crippen LogP contribution in [-0.2, 0) is 0 Å². The number of aromatic nitrogens is 4. The predicted octanol–water partition coefficient (Wildman–Crippen LogP) is 4.79. The molecule has 0 aliphatic rings. The van der Waals surface area contributed by atoms with Gasteiger partial charge in [0.15, 0.2) is 5.69 Å². The maximum absolute atomic E-state index is 11.9. The van der Waals surface area contributed by atoms with Crippen molar-refractivity contribution in [1.29, 1.82) is 0 Å². The Morgan fingerprint density at radius 1 is 1.03 bits per heavy atom. The molecule has 3 N–H and O–H groups in total. The summed E-state index contributed by atoms with van der Waals surface area (Å²) in [6.45, 7) is 1.98. The summed E-state index contributed by atoms with van der Waals surface area (Å²) in [6, 6.07) is 12.8. The van der Waals surface area contributed by atoms with Crippen LogP contribution in [0.15, 0.2) is 61.1 Å². The SMILES string of the molecule is Cc1cnncc1-c1ccc(Nc2cn(-c3c(Cl)cccc3Cl)nc2C(N)=O)cc1. The number of nitrogens with one attached hydrogen (secondary N) is 1. The van der Waals surface area contributed by atoms with Gasteiger partial charge in [-0.1, -0.05) is 41.4 Å². The van der Waals surface area contributed by atoms with Crippen LogP contribution >= 0.6 is 23.2 Å². The third-order valence-electron chi connectivity index (χ3n) is 4.52. The standard InChI is InChI=1S/C21H16Cl2N6O/c1-12-9-25-26-10-15(12)13-5-7-14(8-6-13)27-18-11-29(28-19(18)21(24)30)20-16(22)3-2-4-17(20)23/h2-11,27H,1H3,(H2,24,30). The van der Waals surface area contributed by atoms with Crippen LogP contribution in [-0.4, -0.2) is 25.9 Å². The largest absolute Gasteiger partial charge is 0.364 e. The van der Waals surface area contributed by atoms with Crippen molar-refractivity contribution < 1.29 is 4.79 Å². The van der Waals surface area contributed by atoms with Crippen LogP contribution in [0.4, 0.5) is 11.4 Å². The summed E-state index contributed by atoms with van der Waals surface area (Å²) >= 11 is 12.5. The first-order valence-electron chi connectivity index (χ1n) is 8.92. The molecular formula is C21H16Cl2N6O. The average Bonchev–Trinajstić information content (AvgIpc) is 3.12. The topological polar surface area (TPSA) is 98.7 Å². The van der Waals surface area contributed by atoms with Gasteiger partial charge in [-0.2, -0.15) is 15.3 Å². The molecule has 4 rings (SSSR count). The molecular weight excluding hydrogens is 423 g/mol. The zero-order valence-corrected chi connectivity index (χ0v) is 17.3. The summed E-state index contributed by atoms with van der Waals surface area (Å²) in [5.74, 6) is -0.672. The molecule has 150 valence electrons. The first-order chi connectivity index (χ1) is 14.4. The number of primary amides is 1. The van der Waals surface area contributed by atoms with Gasteiger partial charge in [0.25, 0.3) is 5.91 Å². The molecule has 0 fully saturated rings. The molecule has 2 heterocycles. The minimum atomic E-state index is -0.672. The normalized spacial score (nSPS) is 10.8. The Hall–Kier alpha value is -3.42. The number of para-hydroxylation sites is 1. The van der Waals surface area contributed by atoms with Crippen molar-refractivity contribution in [3.8, 4) is 16.8 Å². The first-order valence-corrected chi connectivity index (χ1v) is 9.68. The molecule has 1 amide bonds. The third kappa shape index (κ3) is 3.85. The van der Waals surface area contributed by atoms with Gasteiger partial charge < -0.3 is 11.1 Å². The lowest BCUT2D eigenvalue weighted by atomic mass is 10.0. The van der Waals surface area contributed by atoms with Crippen molar-refractivity contribution in [3.05, 3.63) is 82.4 Å². The Morgan fingerprint density at radius 2 is 1.70 bits per heavy atom. The summed E-state index contributed by atoms with van der Waals surface area (Å²) in [4.78, 5) is 11.9. The van der Waals surface area contributed by atoms with Gasteiger partial charge in [-0.3, -0.25) is 4.79 Å². The Labute approximate surface area is 182 Å². The van der Waals surface area contributed by atoms with Crippen LogP contribution < -0.4 is 11.1 Å². The molecule has 0 spiro atoms. The van der Waals surface area contributed by atoms with Crippen LogP contribution in [0, 0.1) is 6.92 Å². The summed E-state index contributed by atoms with van der Waals surface area (Å²) in [5, 5.41) is 16.1. The predicted molar refractivity (Wildman–Crippen MR) is 118 cm³/mol. The number of benzene rings is 2. The number of aryl methyl sites for hydroxylation is 1. The van der Waals surface area contributed by atoms with Crippen molar-refractivity contribution in [2.24, 2.45) is 5.73 Å². The Bertz CT molecular complexity index is 1220. The molecule has 0 atom stereocenters. The van der Waals surface area contributed by atoms with E-state index in [0.29, 0.717) is 21.4 Å². The van der Waals surface area contributed by atoms with Gasteiger partial charge in [-0.05, 0) is 42.3 Å². The quantitative estimate of drug-likeness (QED) is 0.466. The van der Waals surface area contributed by atoms with Crippen LogP contribution in [0.3, 0.4) is 0 Å². The van der Waals surface area contributed by atoms with E-state index >= 15 is 0 Å². The van der Waals surface area contributed by atoms with E-state index in [-0.39, 0.29) is 5.69 Å². The summed E-state index contributed by atoms with van der Waals surface area (Å²) in [5.41, 5.74) is 10.3. The lowest BCUT2D eigenvalue weighted by molar-refractivity contribution is 0.0996. The van der Waals surface area contributed by atoms with Crippen LogP contribution in [0.25, 0.3) is 16.8 Å². The van der Waals surface area contributed by atoms with Crippen molar-refractivity contribution in [2.45, 2.75) is 6.92 Å². The molecule has 0 aliphatic heterocycles. The van der Waals surface area contributed by atoms with E-state index in [4.69, 9.17) is 28.9 Å². The summed E-state index contributed by atoms with van der Waals surface area (Å²) < 4.78 is 1.44. The Balaban J connectivity index is 1.67. The zero-order chi connectivity index (χ0) is 21.3. The zero-order valence-electron chi connectivity index (χ0n) is 15.8. The average molecular weight is 439 g/mol. The molecule has 0 saturated carbocycles. The van der Waals surface area contributed by atoms with Crippen molar-refractivity contribution in [2.75, 3.05) is 5.32 Å². The molecule has 2 aromatic heterocycles. The van der Waals surface area contributed by atoms with Gasteiger partial charge in [0, 0.05) is 11.3 Å². The molecule has 9 heteroatoms. The number of hydrogen-bond acceptors (Lipinski definition) is 5. The monoisotopic (exact) mass is 438 g/mol. The van der Waals surface area contributed by atoms with Gasteiger partial charge in [0.05, 0.1) is 34.3 Å². The fourth-order valence-electron chi connectivity index (χ4n) is 3.04.